The predicted molar refractivity (Wildman–Crippen MR) is 97.3 cm³/mol. The summed E-state index contributed by atoms with van der Waals surface area (Å²) >= 11 is 3.50. The van der Waals surface area contributed by atoms with Crippen molar-refractivity contribution in [2.24, 2.45) is 0 Å². The Morgan fingerprint density at radius 1 is 1.09 bits per heavy atom. The van der Waals surface area contributed by atoms with Crippen molar-refractivity contribution < 1.29 is 9.53 Å². The van der Waals surface area contributed by atoms with Crippen LogP contribution in [0.4, 0.5) is 0 Å². The molecule has 0 spiro atoms. The van der Waals surface area contributed by atoms with Crippen LogP contribution in [-0.4, -0.2) is 46.6 Å². The Kier molecular flexibility index (Phi) is 6.72. The molecule has 0 saturated carbocycles. The highest BCUT2D eigenvalue weighted by molar-refractivity contribution is 8.19. The molecule has 1 unspecified atom stereocenters. The van der Waals surface area contributed by atoms with Crippen molar-refractivity contribution in [2.45, 2.75) is 62.5 Å². The van der Waals surface area contributed by atoms with Crippen molar-refractivity contribution in [3.8, 4) is 0 Å². The molecule has 1 atom stereocenters. The molecule has 0 fully saturated rings. The smallest absolute Gasteiger partial charge is 0.339 e. The van der Waals surface area contributed by atoms with Gasteiger partial charge < -0.3 is 9.64 Å². The van der Waals surface area contributed by atoms with E-state index in [2.05, 4.69) is 32.8 Å². The molecule has 3 nitrogen and oxygen atoms in total. The van der Waals surface area contributed by atoms with Crippen LogP contribution in [0.15, 0.2) is 11.3 Å². The van der Waals surface area contributed by atoms with Gasteiger partial charge in [-0.25, -0.2) is 4.79 Å². The first kappa shape index (κ1) is 18.2. The minimum Gasteiger partial charge on any atom is -0.429 e. The number of hydrogen-bond acceptors (Lipinski definition) is 5. The van der Waals surface area contributed by atoms with E-state index in [1.165, 1.54) is 24.8 Å². The summed E-state index contributed by atoms with van der Waals surface area (Å²) < 4.78 is 5.39. The third-order valence-electron chi connectivity index (χ3n) is 4.38. The molecule has 5 heteroatoms. The minimum absolute atomic E-state index is 0.0378. The Labute approximate surface area is 143 Å². The summed E-state index contributed by atoms with van der Waals surface area (Å²) in [5.41, 5.74) is 1.38. The molecule has 0 N–H and O–H groups in total. The van der Waals surface area contributed by atoms with E-state index < -0.39 is 4.08 Å². The van der Waals surface area contributed by atoms with Crippen molar-refractivity contribution >= 4 is 29.5 Å². The van der Waals surface area contributed by atoms with Crippen molar-refractivity contribution in [3.63, 3.8) is 0 Å². The van der Waals surface area contributed by atoms with Crippen LogP contribution in [0, 0.1) is 0 Å². The van der Waals surface area contributed by atoms with Crippen LogP contribution in [0.25, 0.3) is 0 Å². The highest BCUT2D eigenvalue weighted by Gasteiger charge is 2.54. The summed E-state index contributed by atoms with van der Waals surface area (Å²) in [4.78, 5) is 15.2. The second-order valence-electron chi connectivity index (χ2n) is 6.15. The number of nitrogens with zero attached hydrogens (tertiary/aromatic N) is 1. The molecule has 1 aliphatic carbocycles. The molecule has 0 radical (unpaired) electrons. The lowest BCUT2D eigenvalue weighted by Gasteiger charge is -2.46. The molecule has 0 bridgehead atoms. The number of likely N-dealkylation sites (N-methyl/N-ethyl adjacent to an activating group) is 1. The van der Waals surface area contributed by atoms with Crippen LogP contribution >= 0.6 is 23.5 Å². The fourth-order valence-electron chi connectivity index (χ4n) is 3.58. The largest absolute Gasteiger partial charge is 0.429 e. The van der Waals surface area contributed by atoms with Gasteiger partial charge in [0.25, 0.3) is 0 Å². The van der Waals surface area contributed by atoms with E-state index in [4.69, 9.17) is 4.74 Å². The maximum atomic E-state index is 12.9. The van der Waals surface area contributed by atoms with Crippen LogP contribution in [0.5, 0.6) is 0 Å². The Balaban J connectivity index is 2.48. The fourth-order valence-corrected chi connectivity index (χ4v) is 6.82. The SMILES string of the molecule is CCSC1(SCC)C(=O)OC2=C(CCCCCC2)C1N(C)C. The van der Waals surface area contributed by atoms with Crippen molar-refractivity contribution in [1.29, 1.82) is 0 Å². The minimum atomic E-state index is -0.509. The second-order valence-corrected chi connectivity index (χ2v) is 9.43. The molecule has 0 saturated heterocycles. The van der Waals surface area contributed by atoms with Gasteiger partial charge >= 0.3 is 5.97 Å². The first-order valence-electron chi connectivity index (χ1n) is 8.45. The zero-order chi connectivity index (χ0) is 16.2. The zero-order valence-electron chi connectivity index (χ0n) is 14.3. The Bertz CT molecular complexity index is 428. The Morgan fingerprint density at radius 2 is 1.68 bits per heavy atom. The topological polar surface area (TPSA) is 29.5 Å². The summed E-state index contributed by atoms with van der Waals surface area (Å²) in [5, 5.41) is 0. The molecule has 1 heterocycles. The van der Waals surface area contributed by atoms with E-state index in [9.17, 15) is 4.79 Å². The van der Waals surface area contributed by atoms with Gasteiger partial charge in [-0.2, -0.15) is 0 Å². The zero-order valence-corrected chi connectivity index (χ0v) is 15.9. The molecular formula is C17H29NO2S2. The molecule has 1 aliphatic heterocycles. The summed E-state index contributed by atoms with van der Waals surface area (Å²) in [6, 6.07) is 0.150. The molecule has 126 valence electrons. The molecule has 0 amide bonds. The van der Waals surface area contributed by atoms with Gasteiger partial charge in [-0.3, -0.25) is 0 Å². The first-order chi connectivity index (χ1) is 10.6. The van der Waals surface area contributed by atoms with Gasteiger partial charge in [0.05, 0.1) is 6.04 Å². The number of carbonyl (C=O) groups is 1. The average molecular weight is 344 g/mol. The van der Waals surface area contributed by atoms with Crippen molar-refractivity contribution in [2.75, 3.05) is 25.6 Å². The quantitative estimate of drug-likeness (QED) is 0.549. The van der Waals surface area contributed by atoms with Crippen molar-refractivity contribution in [3.05, 3.63) is 11.3 Å². The van der Waals surface area contributed by atoms with E-state index >= 15 is 0 Å². The Morgan fingerprint density at radius 3 is 2.23 bits per heavy atom. The molecule has 2 rings (SSSR count). The monoisotopic (exact) mass is 343 g/mol. The van der Waals surface area contributed by atoms with E-state index in [0.29, 0.717) is 0 Å². The summed E-state index contributed by atoms with van der Waals surface area (Å²) in [6.45, 7) is 4.26. The lowest BCUT2D eigenvalue weighted by molar-refractivity contribution is -0.143. The van der Waals surface area contributed by atoms with Gasteiger partial charge in [0.15, 0.2) is 4.08 Å². The lowest BCUT2D eigenvalue weighted by atomic mass is 9.89. The lowest BCUT2D eigenvalue weighted by Crippen LogP contribution is -2.56. The summed E-state index contributed by atoms with van der Waals surface area (Å²) in [5.74, 6) is 2.79. The molecule has 0 aromatic carbocycles. The number of allylic oxidation sites excluding steroid dienone is 1. The summed E-state index contributed by atoms with van der Waals surface area (Å²) in [6.07, 6.45) is 6.89. The van der Waals surface area contributed by atoms with Crippen LogP contribution < -0.4 is 0 Å². The molecule has 2 aliphatic rings. The highest BCUT2D eigenvalue weighted by Crippen LogP contribution is 2.50. The standard InChI is InChI=1S/C17H29NO2S2/c1-5-21-17(22-6-2)15(18(3)4)13-11-9-7-8-10-12-14(13)20-16(17)19/h15H,5-12H2,1-4H3. The van der Waals surface area contributed by atoms with Crippen LogP contribution in [-0.2, 0) is 9.53 Å². The summed E-state index contributed by atoms with van der Waals surface area (Å²) in [7, 11) is 4.21. The van der Waals surface area contributed by atoms with Crippen LogP contribution in [0.1, 0.15) is 52.4 Å². The number of carbonyl (C=O) groups excluding carboxylic acids is 1. The number of ether oxygens (including phenoxy) is 1. The molecule has 22 heavy (non-hydrogen) atoms. The number of rotatable bonds is 5. The van der Waals surface area contributed by atoms with Gasteiger partial charge in [0.1, 0.15) is 5.76 Å². The normalized spacial score (nSPS) is 25.5. The first-order valence-corrected chi connectivity index (χ1v) is 10.4. The van der Waals surface area contributed by atoms with Gasteiger partial charge in [0.2, 0.25) is 0 Å². The molecular weight excluding hydrogens is 314 g/mol. The number of thioether (sulfide) groups is 2. The number of esters is 1. The molecule has 0 aromatic heterocycles. The van der Waals surface area contributed by atoms with E-state index in [1.54, 1.807) is 23.5 Å². The maximum absolute atomic E-state index is 12.9. The third-order valence-corrected chi connectivity index (χ3v) is 7.30. The molecule has 0 aromatic rings. The van der Waals surface area contributed by atoms with Crippen LogP contribution in [0.2, 0.25) is 0 Å². The van der Waals surface area contributed by atoms with Crippen molar-refractivity contribution in [1.82, 2.24) is 4.90 Å². The van der Waals surface area contributed by atoms with E-state index in [-0.39, 0.29) is 12.0 Å². The van der Waals surface area contributed by atoms with E-state index in [0.717, 1.165) is 36.5 Å². The van der Waals surface area contributed by atoms with Gasteiger partial charge in [-0.15, -0.1) is 23.5 Å². The highest BCUT2D eigenvalue weighted by atomic mass is 32.2. The Hall–Kier alpha value is -0.130. The van der Waals surface area contributed by atoms with Gasteiger partial charge in [-0.05, 0) is 50.4 Å². The fraction of sp³-hybridized carbons (Fsp3) is 0.824. The van der Waals surface area contributed by atoms with E-state index in [1.807, 2.05) is 0 Å². The number of hydrogen-bond donors (Lipinski definition) is 0. The third kappa shape index (κ3) is 3.51. The van der Waals surface area contributed by atoms with Gasteiger partial charge in [0, 0.05) is 6.42 Å². The predicted octanol–water partition coefficient (Wildman–Crippen LogP) is 4.28. The average Bonchev–Trinajstić information content (AvgIpc) is 2.43. The van der Waals surface area contributed by atoms with Gasteiger partial charge in [-0.1, -0.05) is 26.7 Å². The van der Waals surface area contributed by atoms with Crippen LogP contribution in [0.3, 0.4) is 0 Å². The second kappa shape index (κ2) is 8.11. The maximum Gasteiger partial charge on any atom is 0.339 e.